The van der Waals surface area contributed by atoms with Crippen LogP contribution in [0.3, 0.4) is 0 Å². The van der Waals surface area contributed by atoms with E-state index in [2.05, 4.69) is 5.10 Å². The van der Waals surface area contributed by atoms with Gasteiger partial charge < -0.3 is 9.53 Å². The third-order valence-electron chi connectivity index (χ3n) is 1.78. The van der Waals surface area contributed by atoms with Crippen LogP contribution in [0.1, 0.15) is 20.8 Å². The molecule has 0 aromatic rings. The maximum absolute atomic E-state index is 11.4. The molecule has 0 bridgehead atoms. The lowest BCUT2D eigenvalue weighted by Gasteiger charge is -2.13. The van der Waals surface area contributed by atoms with Gasteiger partial charge in [0.2, 0.25) is 0 Å². The van der Waals surface area contributed by atoms with Crippen LogP contribution in [0.4, 0.5) is 0 Å². The van der Waals surface area contributed by atoms with Crippen LogP contribution >= 0.6 is 0 Å². The van der Waals surface area contributed by atoms with Gasteiger partial charge in [-0.05, 0) is 20.8 Å². The van der Waals surface area contributed by atoms with Crippen LogP contribution in [-0.4, -0.2) is 42.5 Å². The number of hydrazone groups is 1. The number of ether oxygens (including phenoxy) is 1. The van der Waals surface area contributed by atoms with E-state index in [4.69, 9.17) is 4.74 Å². The zero-order valence-corrected chi connectivity index (χ0v) is 9.89. The van der Waals surface area contributed by atoms with Gasteiger partial charge in [-0.1, -0.05) is 0 Å². The third kappa shape index (κ3) is 4.20. The molecule has 0 saturated heterocycles. The molecule has 1 atom stereocenters. The Morgan fingerprint density at radius 3 is 2.50 bits per heavy atom. The predicted molar refractivity (Wildman–Crippen MR) is 57.7 cm³/mol. The van der Waals surface area contributed by atoms with E-state index in [0.29, 0.717) is 6.29 Å². The van der Waals surface area contributed by atoms with E-state index in [1.54, 1.807) is 6.92 Å². The molecule has 0 aliphatic rings. The van der Waals surface area contributed by atoms with Crippen molar-refractivity contribution in [2.24, 2.45) is 11.0 Å². The molecule has 6 heteroatoms. The van der Waals surface area contributed by atoms with Crippen LogP contribution < -0.4 is 0 Å². The predicted octanol–water partition coefficient (Wildman–Crippen LogP) is 0.219. The molecule has 6 nitrogen and oxygen atoms in total. The minimum atomic E-state index is -0.774. The molecular formula is C10H16N2O4. The Morgan fingerprint density at radius 2 is 2.06 bits per heavy atom. The van der Waals surface area contributed by atoms with Crippen molar-refractivity contribution >= 4 is 23.9 Å². The van der Waals surface area contributed by atoms with Gasteiger partial charge >= 0.3 is 5.97 Å². The molecule has 90 valence electrons. The first-order chi connectivity index (χ1) is 7.43. The van der Waals surface area contributed by atoms with Crippen LogP contribution in [0.2, 0.25) is 0 Å². The highest BCUT2D eigenvalue weighted by molar-refractivity contribution is 6.35. The zero-order valence-electron chi connectivity index (χ0n) is 9.89. The van der Waals surface area contributed by atoms with Gasteiger partial charge in [-0.2, -0.15) is 5.10 Å². The summed E-state index contributed by atoms with van der Waals surface area (Å²) in [7, 11) is 1.38. The van der Waals surface area contributed by atoms with Gasteiger partial charge in [-0.3, -0.25) is 4.79 Å². The van der Waals surface area contributed by atoms with E-state index in [9.17, 15) is 14.4 Å². The second kappa shape index (κ2) is 6.71. The van der Waals surface area contributed by atoms with Gasteiger partial charge in [0.15, 0.2) is 0 Å². The Hall–Kier alpha value is -1.72. The SMILES string of the molecule is CCOC(=O)C(C)=NN(C)C(=O)C(C)C=O. The number of amides is 1. The Bertz CT molecular complexity index is 312. The van der Waals surface area contributed by atoms with Gasteiger partial charge in [0.1, 0.15) is 12.0 Å². The number of nitrogens with zero attached hydrogens (tertiary/aromatic N) is 2. The van der Waals surface area contributed by atoms with Crippen molar-refractivity contribution in [1.82, 2.24) is 5.01 Å². The number of hydrogen-bond acceptors (Lipinski definition) is 5. The second-order valence-electron chi connectivity index (χ2n) is 3.19. The fraction of sp³-hybridized carbons (Fsp3) is 0.600. The lowest BCUT2D eigenvalue weighted by Crippen LogP contribution is -2.30. The Morgan fingerprint density at radius 1 is 1.50 bits per heavy atom. The summed E-state index contributed by atoms with van der Waals surface area (Å²) in [4.78, 5) is 33.0. The Labute approximate surface area is 94.2 Å². The summed E-state index contributed by atoms with van der Waals surface area (Å²) in [6.07, 6.45) is 0.522. The normalized spacial score (nSPS) is 12.9. The molecule has 0 aromatic carbocycles. The Kier molecular flexibility index (Phi) is 5.99. The summed E-state index contributed by atoms with van der Waals surface area (Å²) in [6, 6.07) is 0. The van der Waals surface area contributed by atoms with Crippen molar-refractivity contribution in [3.8, 4) is 0 Å². The first-order valence-corrected chi connectivity index (χ1v) is 4.89. The minimum absolute atomic E-state index is 0.0656. The lowest BCUT2D eigenvalue weighted by molar-refractivity contribution is -0.136. The number of carbonyl (C=O) groups excluding carboxylic acids is 3. The molecule has 0 spiro atoms. The van der Waals surface area contributed by atoms with Crippen LogP contribution in [0.25, 0.3) is 0 Å². The summed E-state index contributed by atoms with van der Waals surface area (Å²) >= 11 is 0. The molecule has 1 amide bonds. The maximum atomic E-state index is 11.4. The van der Waals surface area contributed by atoms with E-state index < -0.39 is 17.8 Å². The number of aldehydes is 1. The highest BCUT2D eigenvalue weighted by Gasteiger charge is 2.17. The smallest absolute Gasteiger partial charge is 0.354 e. The van der Waals surface area contributed by atoms with Crippen LogP contribution in [0, 0.1) is 5.92 Å². The number of rotatable bonds is 5. The molecule has 1 unspecified atom stereocenters. The van der Waals surface area contributed by atoms with E-state index in [-0.39, 0.29) is 12.3 Å². The minimum Gasteiger partial charge on any atom is -0.461 e. The van der Waals surface area contributed by atoms with Crippen molar-refractivity contribution in [2.75, 3.05) is 13.7 Å². The van der Waals surface area contributed by atoms with E-state index in [0.717, 1.165) is 5.01 Å². The van der Waals surface area contributed by atoms with Crippen LogP contribution in [0.15, 0.2) is 5.10 Å². The van der Waals surface area contributed by atoms with E-state index in [1.807, 2.05) is 0 Å². The van der Waals surface area contributed by atoms with Gasteiger partial charge in [0.25, 0.3) is 5.91 Å². The molecule has 0 saturated carbocycles. The molecule has 0 aliphatic carbocycles. The molecule has 0 heterocycles. The summed E-state index contributed by atoms with van der Waals surface area (Å²) < 4.78 is 4.69. The van der Waals surface area contributed by atoms with Gasteiger partial charge in [0, 0.05) is 7.05 Å². The van der Waals surface area contributed by atoms with Crippen molar-refractivity contribution < 1.29 is 19.1 Å². The molecule has 0 rings (SSSR count). The quantitative estimate of drug-likeness (QED) is 0.222. The van der Waals surface area contributed by atoms with Crippen molar-refractivity contribution in [2.45, 2.75) is 20.8 Å². The molecule has 0 aromatic heterocycles. The summed E-state index contributed by atoms with van der Waals surface area (Å²) in [5.41, 5.74) is 0.0656. The highest BCUT2D eigenvalue weighted by Crippen LogP contribution is 1.99. The molecule has 16 heavy (non-hydrogen) atoms. The number of carbonyl (C=O) groups is 3. The largest absolute Gasteiger partial charge is 0.461 e. The van der Waals surface area contributed by atoms with Crippen molar-refractivity contribution in [3.63, 3.8) is 0 Å². The van der Waals surface area contributed by atoms with Crippen LogP contribution in [-0.2, 0) is 19.1 Å². The molecule has 0 radical (unpaired) electrons. The summed E-state index contributed by atoms with van der Waals surface area (Å²) in [5, 5.41) is 4.70. The average molecular weight is 228 g/mol. The topological polar surface area (TPSA) is 76.0 Å². The number of hydrogen-bond donors (Lipinski definition) is 0. The molecule has 0 fully saturated rings. The van der Waals surface area contributed by atoms with Gasteiger partial charge in [-0.25, -0.2) is 9.80 Å². The van der Waals surface area contributed by atoms with Gasteiger partial charge in [0.05, 0.1) is 12.5 Å². The van der Waals surface area contributed by atoms with Crippen molar-refractivity contribution in [1.29, 1.82) is 0 Å². The summed E-state index contributed by atoms with van der Waals surface area (Å²) in [5.74, 6) is -1.83. The highest BCUT2D eigenvalue weighted by atomic mass is 16.5. The monoisotopic (exact) mass is 228 g/mol. The standard InChI is InChI=1S/C10H16N2O4/c1-5-16-10(15)8(3)11-12(4)9(14)7(2)6-13/h6-7H,5H2,1-4H3. The molecule has 0 aliphatic heterocycles. The first-order valence-electron chi connectivity index (χ1n) is 4.89. The van der Waals surface area contributed by atoms with Crippen molar-refractivity contribution in [3.05, 3.63) is 0 Å². The molecular weight excluding hydrogens is 212 g/mol. The summed E-state index contributed by atoms with van der Waals surface area (Å²) in [6.45, 7) is 4.82. The third-order valence-corrected chi connectivity index (χ3v) is 1.78. The van der Waals surface area contributed by atoms with Crippen LogP contribution in [0.5, 0.6) is 0 Å². The van der Waals surface area contributed by atoms with E-state index in [1.165, 1.54) is 20.9 Å². The van der Waals surface area contributed by atoms with Gasteiger partial charge in [-0.15, -0.1) is 0 Å². The fourth-order valence-electron chi connectivity index (χ4n) is 0.904. The fourth-order valence-corrected chi connectivity index (χ4v) is 0.904. The van der Waals surface area contributed by atoms with E-state index >= 15 is 0 Å². The lowest BCUT2D eigenvalue weighted by atomic mass is 10.2. The zero-order chi connectivity index (χ0) is 12.7. The Balaban J connectivity index is 4.57. The number of esters is 1. The first kappa shape index (κ1) is 14.3. The maximum Gasteiger partial charge on any atom is 0.354 e. The second-order valence-corrected chi connectivity index (χ2v) is 3.19. The molecule has 0 N–H and O–H groups in total. The average Bonchev–Trinajstić information content (AvgIpc) is 2.26.